The van der Waals surface area contributed by atoms with Crippen molar-refractivity contribution < 1.29 is 17.9 Å². The number of rotatable bonds is 8. The lowest BCUT2D eigenvalue weighted by Gasteiger charge is -2.10. The molecule has 0 unspecified atom stereocenters. The molecule has 1 aromatic heterocycles. The van der Waals surface area contributed by atoms with Gasteiger partial charge in [-0.1, -0.05) is 29.8 Å². The molecule has 7 nitrogen and oxygen atoms in total. The molecule has 0 fully saturated rings. The standard InChI is InChI=1S/C20H20ClN3O4S/c1-22-29(26,27)15-8-9-17(21)16(13-15)20(25)24-11-4-12-28-18-7-2-5-14-6-3-10-23-19(14)18/h2-3,5-10,13,22H,4,11-12H2,1H3,(H,24,25). The van der Waals surface area contributed by atoms with Crippen LogP contribution in [0.1, 0.15) is 16.8 Å². The van der Waals surface area contributed by atoms with Gasteiger partial charge in [0.25, 0.3) is 5.91 Å². The molecule has 0 atom stereocenters. The maximum atomic E-state index is 12.4. The Balaban J connectivity index is 1.56. The van der Waals surface area contributed by atoms with Crippen molar-refractivity contribution in [1.29, 1.82) is 0 Å². The van der Waals surface area contributed by atoms with Gasteiger partial charge < -0.3 is 10.1 Å². The predicted molar refractivity (Wildman–Crippen MR) is 112 cm³/mol. The molecule has 0 aliphatic rings. The highest BCUT2D eigenvalue weighted by atomic mass is 35.5. The second kappa shape index (κ2) is 9.21. The van der Waals surface area contributed by atoms with E-state index >= 15 is 0 Å². The minimum absolute atomic E-state index is 0.0265. The number of hydrogen-bond donors (Lipinski definition) is 2. The van der Waals surface area contributed by atoms with Gasteiger partial charge in [0.15, 0.2) is 0 Å². The summed E-state index contributed by atoms with van der Waals surface area (Å²) in [6, 6.07) is 13.5. The summed E-state index contributed by atoms with van der Waals surface area (Å²) in [5.74, 6) is 0.234. The minimum atomic E-state index is -3.66. The first-order valence-electron chi connectivity index (χ1n) is 8.90. The number of carbonyl (C=O) groups excluding carboxylic acids is 1. The van der Waals surface area contributed by atoms with Crippen molar-refractivity contribution in [3.8, 4) is 5.75 Å². The fourth-order valence-corrected chi connectivity index (χ4v) is 3.67. The number of ether oxygens (including phenoxy) is 1. The molecule has 9 heteroatoms. The SMILES string of the molecule is CNS(=O)(=O)c1ccc(Cl)c(C(=O)NCCCOc2cccc3cccnc23)c1. The van der Waals surface area contributed by atoms with Gasteiger partial charge >= 0.3 is 0 Å². The Morgan fingerprint density at radius 2 is 1.97 bits per heavy atom. The van der Waals surface area contributed by atoms with Crippen molar-refractivity contribution in [2.24, 2.45) is 0 Å². The molecule has 0 aliphatic heterocycles. The molecule has 0 bridgehead atoms. The average molecular weight is 434 g/mol. The highest BCUT2D eigenvalue weighted by Gasteiger charge is 2.17. The second-order valence-electron chi connectivity index (χ2n) is 6.14. The van der Waals surface area contributed by atoms with Crippen molar-refractivity contribution in [3.63, 3.8) is 0 Å². The van der Waals surface area contributed by atoms with Gasteiger partial charge in [-0.05, 0) is 43.8 Å². The number of aromatic nitrogens is 1. The van der Waals surface area contributed by atoms with E-state index in [2.05, 4.69) is 15.0 Å². The summed E-state index contributed by atoms with van der Waals surface area (Å²) in [7, 11) is -2.36. The third kappa shape index (κ3) is 5.03. The third-order valence-electron chi connectivity index (χ3n) is 4.22. The second-order valence-corrected chi connectivity index (χ2v) is 8.43. The fourth-order valence-electron chi connectivity index (χ4n) is 2.71. The van der Waals surface area contributed by atoms with Crippen LogP contribution in [0, 0.1) is 0 Å². The van der Waals surface area contributed by atoms with Gasteiger partial charge in [-0.15, -0.1) is 0 Å². The number of sulfonamides is 1. The van der Waals surface area contributed by atoms with Crippen LogP contribution in [0.4, 0.5) is 0 Å². The van der Waals surface area contributed by atoms with Gasteiger partial charge in [-0.2, -0.15) is 0 Å². The zero-order chi connectivity index (χ0) is 20.9. The smallest absolute Gasteiger partial charge is 0.252 e. The molecule has 2 N–H and O–H groups in total. The Bertz CT molecular complexity index is 1130. The third-order valence-corrected chi connectivity index (χ3v) is 5.96. The van der Waals surface area contributed by atoms with E-state index in [1.54, 1.807) is 6.20 Å². The summed E-state index contributed by atoms with van der Waals surface area (Å²) in [5, 5.41) is 3.89. The minimum Gasteiger partial charge on any atom is -0.491 e. The summed E-state index contributed by atoms with van der Waals surface area (Å²) in [5.41, 5.74) is 0.885. The fraction of sp³-hybridized carbons (Fsp3) is 0.200. The summed E-state index contributed by atoms with van der Waals surface area (Å²) in [4.78, 5) is 16.7. The lowest BCUT2D eigenvalue weighted by Crippen LogP contribution is -2.26. The van der Waals surface area contributed by atoms with Crippen LogP contribution in [0.3, 0.4) is 0 Å². The summed E-state index contributed by atoms with van der Waals surface area (Å²) >= 11 is 6.05. The molecule has 3 rings (SSSR count). The molecule has 0 saturated heterocycles. The number of halogens is 1. The van der Waals surface area contributed by atoms with E-state index in [1.165, 1.54) is 25.2 Å². The van der Waals surface area contributed by atoms with Crippen molar-refractivity contribution in [1.82, 2.24) is 15.0 Å². The molecular formula is C20H20ClN3O4S. The Hall–Kier alpha value is -2.68. The lowest BCUT2D eigenvalue weighted by molar-refractivity contribution is 0.0951. The van der Waals surface area contributed by atoms with Crippen LogP contribution in [0.15, 0.2) is 59.6 Å². The molecule has 2 aromatic carbocycles. The highest BCUT2D eigenvalue weighted by Crippen LogP contribution is 2.23. The molecule has 1 heterocycles. The van der Waals surface area contributed by atoms with Gasteiger partial charge in [-0.25, -0.2) is 13.1 Å². The van der Waals surface area contributed by atoms with E-state index in [-0.39, 0.29) is 15.5 Å². The van der Waals surface area contributed by atoms with Gasteiger partial charge in [0.05, 0.1) is 22.1 Å². The molecule has 0 spiro atoms. The van der Waals surface area contributed by atoms with Crippen molar-refractivity contribution in [2.45, 2.75) is 11.3 Å². The monoisotopic (exact) mass is 433 g/mol. The first-order valence-corrected chi connectivity index (χ1v) is 10.8. The number of nitrogens with one attached hydrogen (secondary N) is 2. The zero-order valence-electron chi connectivity index (χ0n) is 15.7. The van der Waals surface area contributed by atoms with Gasteiger partial charge in [-0.3, -0.25) is 9.78 Å². The number of nitrogens with zero attached hydrogens (tertiary/aromatic N) is 1. The van der Waals surface area contributed by atoms with Gasteiger partial charge in [0.1, 0.15) is 11.3 Å². The van der Waals surface area contributed by atoms with Crippen LogP contribution in [-0.2, 0) is 10.0 Å². The van der Waals surface area contributed by atoms with Gasteiger partial charge in [0.2, 0.25) is 10.0 Å². The number of para-hydroxylation sites is 1. The highest BCUT2D eigenvalue weighted by molar-refractivity contribution is 7.89. The van der Waals surface area contributed by atoms with Crippen LogP contribution in [0.2, 0.25) is 5.02 Å². The zero-order valence-corrected chi connectivity index (χ0v) is 17.3. The first kappa shape index (κ1) is 21.0. The van der Waals surface area contributed by atoms with E-state index in [9.17, 15) is 13.2 Å². The number of fused-ring (bicyclic) bond motifs is 1. The molecule has 0 saturated carbocycles. The average Bonchev–Trinajstić information content (AvgIpc) is 2.73. The number of amides is 1. The number of carbonyl (C=O) groups is 1. The van der Waals surface area contributed by atoms with Crippen LogP contribution in [-0.4, -0.2) is 39.5 Å². The summed E-state index contributed by atoms with van der Waals surface area (Å²) in [6.07, 6.45) is 2.27. The first-order chi connectivity index (χ1) is 13.9. The quantitative estimate of drug-likeness (QED) is 0.532. The van der Waals surface area contributed by atoms with Gasteiger partial charge in [0, 0.05) is 18.1 Å². The summed E-state index contributed by atoms with van der Waals surface area (Å²) in [6.45, 7) is 0.730. The largest absolute Gasteiger partial charge is 0.491 e. The molecule has 0 aliphatic carbocycles. The predicted octanol–water partition coefficient (Wildman–Crippen LogP) is 3.00. The van der Waals surface area contributed by atoms with E-state index < -0.39 is 15.9 Å². The molecule has 3 aromatic rings. The lowest BCUT2D eigenvalue weighted by atomic mass is 10.2. The normalized spacial score (nSPS) is 11.4. The molecule has 1 amide bonds. The Morgan fingerprint density at radius 3 is 2.76 bits per heavy atom. The Kier molecular flexibility index (Phi) is 6.68. The maximum absolute atomic E-state index is 12.4. The van der Waals surface area contributed by atoms with E-state index in [4.69, 9.17) is 16.3 Å². The molecule has 0 radical (unpaired) electrons. The van der Waals surface area contributed by atoms with Crippen LogP contribution in [0.25, 0.3) is 10.9 Å². The van der Waals surface area contributed by atoms with Crippen molar-refractivity contribution >= 4 is 38.4 Å². The molecule has 152 valence electrons. The van der Waals surface area contributed by atoms with E-state index in [0.29, 0.717) is 25.3 Å². The van der Waals surface area contributed by atoms with Crippen molar-refractivity contribution in [3.05, 3.63) is 65.3 Å². The maximum Gasteiger partial charge on any atom is 0.252 e. The molecular weight excluding hydrogens is 414 g/mol. The molecule has 29 heavy (non-hydrogen) atoms. The number of benzene rings is 2. The topological polar surface area (TPSA) is 97.4 Å². The Morgan fingerprint density at radius 1 is 1.17 bits per heavy atom. The summed E-state index contributed by atoms with van der Waals surface area (Å²) < 4.78 is 31.8. The number of hydrogen-bond acceptors (Lipinski definition) is 5. The van der Waals surface area contributed by atoms with Crippen LogP contribution < -0.4 is 14.8 Å². The van der Waals surface area contributed by atoms with E-state index in [1.807, 2.05) is 30.3 Å². The van der Waals surface area contributed by atoms with Crippen LogP contribution >= 0.6 is 11.6 Å². The number of pyridine rings is 1. The van der Waals surface area contributed by atoms with Crippen LogP contribution in [0.5, 0.6) is 5.75 Å². The van der Waals surface area contributed by atoms with Crippen molar-refractivity contribution in [2.75, 3.05) is 20.2 Å². The Labute approximate surface area is 174 Å². The van der Waals surface area contributed by atoms with E-state index in [0.717, 1.165) is 10.9 Å².